The van der Waals surface area contributed by atoms with E-state index in [1.807, 2.05) is 0 Å². The van der Waals surface area contributed by atoms with Crippen LogP contribution in [0.4, 0.5) is 0 Å². The first kappa shape index (κ1) is 20.9. The van der Waals surface area contributed by atoms with Crippen LogP contribution in [0.25, 0.3) is 0 Å². The molecule has 0 aliphatic carbocycles. The predicted molar refractivity (Wildman–Crippen MR) is 95.9 cm³/mol. The molecule has 0 radical (unpaired) electrons. The summed E-state index contributed by atoms with van der Waals surface area (Å²) in [6, 6.07) is 0. The Hall–Kier alpha value is -1.05. The van der Waals surface area contributed by atoms with Gasteiger partial charge >= 0.3 is 5.97 Å². The van der Waals surface area contributed by atoms with Gasteiger partial charge in [0.1, 0.15) is 0 Å². The first-order valence-electron chi connectivity index (χ1n) is 9.07. The molecule has 0 aliphatic rings. The molecule has 0 aromatic carbocycles. The van der Waals surface area contributed by atoms with Crippen molar-refractivity contribution in [3.8, 4) is 0 Å². The van der Waals surface area contributed by atoms with Crippen molar-refractivity contribution < 1.29 is 9.53 Å². The third kappa shape index (κ3) is 15.3. The molecule has 2 heteroatoms. The van der Waals surface area contributed by atoms with E-state index in [1.165, 1.54) is 45.6 Å². The average Bonchev–Trinajstić information content (AvgIpc) is 2.54. The molecule has 0 heterocycles. The van der Waals surface area contributed by atoms with Gasteiger partial charge in [-0.05, 0) is 44.4 Å². The van der Waals surface area contributed by atoms with Crippen molar-refractivity contribution in [2.75, 3.05) is 7.11 Å². The second kappa shape index (κ2) is 16.3. The molecule has 0 fully saturated rings. The van der Waals surface area contributed by atoms with E-state index in [1.54, 1.807) is 0 Å². The third-order valence-electron chi connectivity index (χ3n) is 4.08. The smallest absolute Gasteiger partial charge is 0.305 e. The van der Waals surface area contributed by atoms with Crippen LogP contribution in [0, 0.1) is 5.92 Å². The molecular weight excluding hydrogens is 272 g/mol. The molecule has 0 amide bonds. The number of hydrogen-bond acceptors (Lipinski definition) is 2. The monoisotopic (exact) mass is 308 g/mol. The number of carbonyl (C=O) groups excluding carboxylic acids is 1. The van der Waals surface area contributed by atoms with Crippen LogP contribution in [0.2, 0.25) is 0 Å². The fourth-order valence-corrected chi connectivity index (χ4v) is 2.27. The van der Waals surface area contributed by atoms with Gasteiger partial charge < -0.3 is 4.74 Å². The van der Waals surface area contributed by atoms with E-state index in [0.717, 1.165) is 31.6 Å². The van der Waals surface area contributed by atoms with E-state index in [-0.39, 0.29) is 5.97 Å². The Kier molecular flexibility index (Phi) is 15.5. The van der Waals surface area contributed by atoms with E-state index in [4.69, 9.17) is 0 Å². The maximum atomic E-state index is 10.9. The molecule has 22 heavy (non-hydrogen) atoms. The fourth-order valence-electron chi connectivity index (χ4n) is 2.27. The molecule has 0 saturated heterocycles. The van der Waals surface area contributed by atoms with Gasteiger partial charge in [0.2, 0.25) is 0 Å². The van der Waals surface area contributed by atoms with Crippen LogP contribution in [-0.4, -0.2) is 13.1 Å². The highest BCUT2D eigenvalue weighted by Crippen LogP contribution is 2.13. The number of esters is 1. The third-order valence-corrected chi connectivity index (χ3v) is 4.08. The van der Waals surface area contributed by atoms with Crippen molar-refractivity contribution in [3.63, 3.8) is 0 Å². The normalized spacial score (nSPS) is 13.0. The molecule has 0 aliphatic heterocycles. The van der Waals surface area contributed by atoms with Gasteiger partial charge in [-0.2, -0.15) is 0 Å². The number of hydrogen-bond donors (Lipinski definition) is 0. The molecule has 2 nitrogen and oxygen atoms in total. The van der Waals surface area contributed by atoms with Gasteiger partial charge in [-0.1, -0.05) is 63.8 Å². The van der Waals surface area contributed by atoms with E-state index < -0.39 is 0 Å². The molecule has 0 N–H and O–H groups in total. The molecule has 0 bridgehead atoms. The van der Waals surface area contributed by atoms with Gasteiger partial charge in [0, 0.05) is 6.42 Å². The number of allylic oxidation sites excluding steroid dienone is 4. The summed E-state index contributed by atoms with van der Waals surface area (Å²) in [6.07, 6.45) is 21.6. The number of rotatable bonds is 14. The lowest BCUT2D eigenvalue weighted by atomic mass is 10.0. The van der Waals surface area contributed by atoms with Crippen molar-refractivity contribution in [2.24, 2.45) is 5.92 Å². The van der Waals surface area contributed by atoms with Crippen LogP contribution in [-0.2, 0) is 9.53 Å². The number of methoxy groups -OCH3 is 1. The summed E-state index contributed by atoms with van der Waals surface area (Å²) in [5.41, 5.74) is 0. The van der Waals surface area contributed by atoms with Crippen LogP contribution < -0.4 is 0 Å². The molecule has 0 saturated carbocycles. The summed E-state index contributed by atoms with van der Waals surface area (Å²) in [7, 11) is 1.44. The minimum absolute atomic E-state index is 0.111. The molecule has 128 valence electrons. The topological polar surface area (TPSA) is 26.3 Å². The first-order chi connectivity index (χ1) is 10.7. The second-order valence-electron chi connectivity index (χ2n) is 6.14. The zero-order chi connectivity index (χ0) is 16.5. The lowest BCUT2D eigenvalue weighted by molar-refractivity contribution is -0.140. The van der Waals surface area contributed by atoms with Crippen molar-refractivity contribution in [1.29, 1.82) is 0 Å². The molecule has 0 unspecified atom stereocenters. The predicted octanol–water partition coefficient (Wildman–Crippen LogP) is 6.22. The Balaban J connectivity index is 3.28. The second-order valence-corrected chi connectivity index (χ2v) is 6.14. The largest absolute Gasteiger partial charge is 0.469 e. The van der Waals surface area contributed by atoms with Crippen LogP contribution >= 0.6 is 0 Å². The number of unbranched alkanes of at least 4 members (excludes halogenated alkanes) is 5. The average molecular weight is 309 g/mol. The molecular formula is C20H36O2. The zero-order valence-electron chi connectivity index (χ0n) is 15.0. The maximum absolute atomic E-state index is 10.9. The summed E-state index contributed by atoms with van der Waals surface area (Å²) in [6.45, 7) is 4.63. The van der Waals surface area contributed by atoms with Gasteiger partial charge in [-0.25, -0.2) is 0 Å². The van der Waals surface area contributed by atoms with Gasteiger partial charge in [0.15, 0.2) is 0 Å². The highest BCUT2D eigenvalue weighted by atomic mass is 16.5. The Morgan fingerprint density at radius 2 is 1.50 bits per heavy atom. The Morgan fingerprint density at radius 1 is 0.909 bits per heavy atom. The molecule has 0 spiro atoms. The van der Waals surface area contributed by atoms with Gasteiger partial charge in [-0.15, -0.1) is 0 Å². The summed E-state index contributed by atoms with van der Waals surface area (Å²) in [4.78, 5) is 10.9. The Morgan fingerprint density at radius 3 is 2.09 bits per heavy atom. The van der Waals surface area contributed by atoms with E-state index >= 15 is 0 Å². The summed E-state index contributed by atoms with van der Waals surface area (Å²) >= 11 is 0. The van der Waals surface area contributed by atoms with E-state index in [0.29, 0.717) is 6.42 Å². The van der Waals surface area contributed by atoms with Crippen molar-refractivity contribution in [3.05, 3.63) is 24.3 Å². The minimum atomic E-state index is -0.111. The lowest BCUT2D eigenvalue weighted by Gasteiger charge is -2.06. The van der Waals surface area contributed by atoms with E-state index in [2.05, 4.69) is 42.9 Å². The highest BCUT2D eigenvalue weighted by molar-refractivity contribution is 5.68. The van der Waals surface area contributed by atoms with Crippen LogP contribution in [0.15, 0.2) is 24.3 Å². The molecule has 1 atom stereocenters. The Labute approximate surface area is 138 Å². The summed E-state index contributed by atoms with van der Waals surface area (Å²) in [5.74, 6) is 0.787. The van der Waals surface area contributed by atoms with Crippen LogP contribution in [0.1, 0.15) is 84.5 Å². The molecule has 0 rings (SSSR count). The minimum Gasteiger partial charge on any atom is -0.469 e. The standard InChI is InChI=1S/C20H36O2/c1-4-19(2)17-15-13-11-9-7-5-6-8-10-12-14-16-18-20(21)22-3/h5,7,10,12,19H,4,6,8-9,11,13-18H2,1-3H3/b7-5-,12-10-/t19-/m0/s1. The maximum Gasteiger partial charge on any atom is 0.305 e. The number of ether oxygens (including phenoxy) is 1. The Bertz CT molecular complexity index is 305. The SMILES string of the molecule is CC[C@H](C)CCCCC/C=C\CC/C=C\CCCC(=O)OC. The van der Waals surface area contributed by atoms with E-state index in [9.17, 15) is 4.79 Å². The lowest BCUT2D eigenvalue weighted by Crippen LogP contribution is -1.98. The zero-order valence-corrected chi connectivity index (χ0v) is 15.0. The summed E-state index contributed by atoms with van der Waals surface area (Å²) in [5, 5.41) is 0. The van der Waals surface area contributed by atoms with Crippen molar-refractivity contribution in [2.45, 2.75) is 84.5 Å². The summed E-state index contributed by atoms with van der Waals surface area (Å²) < 4.78 is 4.60. The first-order valence-corrected chi connectivity index (χ1v) is 9.07. The van der Waals surface area contributed by atoms with Crippen molar-refractivity contribution >= 4 is 5.97 Å². The van der Waals surface area contributed by atoms with Crippen molar-refractivity contribution in [1.82, 2.24) is 0 Å². The van der Waals surface area contributed by atoms with Crippen LogP contribution in [0.3, 0.4) is 0 Å². The quantitative estimate of drug-likeness (QED) is 0.216. The van der Waals surface area contributed by atoms with Gasteiger partial charge in [0.25, 0.3) is 0 Å². The van der Waals surface area contributed by atoms with Gasteiger partial charge in [0.05, 0.1) is 7.11 Å². The molecule has 0 aromatic heterocycles. The molecule has 0 aromatic rings. The fraction of sp³-hybridized carbons (Fsp3) is 0.750. The van der Waals surface area contributed by atoms with Gasteiger partial charge in [-0.3, -0.25) is 4.79 Å². The number of carbonyl (C=O) groups is 1. The highest BCUT2D eigenvalue weighted by Gasteiger charge is 1.97. The van der Waals surface area contributed by atoms with Crippen LogP contribution in [0.5, 0.6) is 0 Å².